The number of likely N-dealkylation sites (tertiary alicyclic amines) is 1. The standard InChI is InChI=1S/C21H30F3N3O/c1-28-18-6-4-17(5-7-18)26-12-10-20(14-26)9-2-11-27(15-20)19-8-3-16(13-25-19)21(22,23)24/h3,8,13,17-18H,2,4-7,9-12,14-15H2,1H3/t17-,18-,20-/m1/s1. The molecular formula is C21H30F3N3O. The van der Waals surface area contributed by atoms with Gasteiger partial charge in [-0.3, -0.25) is 4.90 Å². The third-order valence-electron chi connectivity index (χ3n) is 7.02. The Labute approximate surface area is 165 Å². The maximum absolute atomic E-state index is 12.8. The van der Waals surface area contributed by atoms with Crippen molar-refractivity contribution >= 4 is 5.82 Å². The number of piperidine rings is 1. The summed E-state index contributed by atoms with van der Waals surface area (Å²) in [5, 5.41) is 0. The van der Waals surface area contributed by atoms with Crippen molar-refractivity contribution in [3.05, 3.63) is 23.9 Å². The van der Waals surface area contributed by atoms with E-state index in [9.17, 15) is 13.2 Å². The van der Waals surface area contributed by atoms with Crippen LogP contribution in [0.1, 0.15) is 50.5 Å². The van der Waals surface area contributed by atoms with E-state index in [-0.39, 0.29) is 5.41 Å². The second kappa shape index (κ2) is 7.82. The van der Waals surface area contributed by atoms with Crippen molar-refractivity contribution in [2.24, 2.45) is 5.41 Å². The Morgan fingerprint density at radius 2 is 1.86 bits per heavy atom. The van der Waals surface area contributed by atoms with Crippen LogP contribution in [0.5, 0.6) is 0 Å². The Balaban J connectivity index is 1.38. The van der Waals surface area contributed by atoms with Gasteiger partial charge in [0.2, 0.25) is 0 Å². The first kappa shape index (κ1) is 20.0. The Morgan fingerprint density at radius 3 is 2.50 bits per heavy atom. The Kier molecular flexibility index (Phi) is 5.58. The molecule has 3 aliphatic rings. The number of ether oxygens (including phenoxy) is 1. The monoisotopic (exact) mass is 397 g/mol. The summed E-state index contributed by atoms with van der Waals surface area (Å²) >= 11 is 0. The number of methoxy groups -OCH3 is 1. The molecule has 1 aromatic rings. The van der Waals surface area contributed by atoms with Gasteiger partial charge in [0, 0.05) is 44.4 Å². The van der Waals surface area contributed by atoms with E-state index >= 15 is 0 Å². The second-order valence-electron chi connectivity index (χ2n) is 8.81. The molecule has 0 amide bonds. The number of pyridine rings is 1. The molecule has 1 aliphatic carbocycles. The van der Waals surface area contributed by atoms with Crippen LogP contribution in [0.15, 0.2) is 18.3 Å². The maximum Gasteiger partial charge on any atom is 0.417 e. The SMILES string of the molecule is CO[C@H]1CC[C@H](N2CC[C@]3(CCCN(c4ccc(C(F)(F)F)cn4)C3)C2)CC1. The van der Waals surface area contributed by atoms with Gasteiger partial charge in [-0.05, 0) is 63.6 Å². The van der Waals surface area contributed by atoms with Gasteiger partial charge >= 0.3 is 6.18 Å². The number of anilines is 1. The average Bonchev–Trinajstić information content (AvgIpc) is 3.10. The van der Waals surface area contributed by atoms with Gasteiger partial charge in [0.05, 0.1) is 11.7 Å². The predicted octanol–water partition coefficient (Wildman–Crippen LogP) is 4.35. The van der Waals surface area contributed by atoms with Crippen LogP contribution < -0.4 is 4.90 Å². The van der Waals surface area contributed by atoms with Crippen molar-refractivity contribution in [3.8, 4) is 0 Å². The summed E-state index contributed by atoms with van der Waals surface area (Å²) in [6, 6.07) is 3.34. The van der Waals surface area contributed by atoms with E-state index in [2.05, 4.69) is 14.8 Å². The number of hydrogen-bond donors (Lipinski definition) is 0. The van der Waals surface area contributed by atoms with Crippen LogP contribution in [0.2, 0.25) is 0 Å². The fraction of sp³-hybridized carbons (Fsp3) is 0.762. The molecule has 4 nitrogen and oxygen atoms in total. The smallest absolute Gasteiger partial charge is 0.381 e. The van der Waals surface area contributed by atoms with E-state index in [4.69, 9.17) is 4.74 Å². The van der Waals surface area contributed by atoms with Gasteiger partial charge in [0.1, 0.15) is 5.82 Å². The van der Waals surface area contributed by atoms with Crippen LogP contribution >= 0.6 is 0 Å². The van der Waals surface area contributed by atoms with Crippen molar-refractivity contribution in [2.45, 2.75) is 63.3 Å². The molecule has 0 aromatic carbocycles. The van der Waals surface area contributed by atoms with E-state index in [1.807, 2.05) is 7.11 Å². The first-order chi connectivity index (χ1) is 13.4. The molecule has 1 atom stereocenters. The first-order valence-electron chi connectivity index (χ1n) is 10.4. The van der Waals surface area contributed by atoms with Gasteiger partial charge in [0.25, 0.3) is 0 Å². The molecule has 7 heteroatoms. The number of halogens is 3. The summed E-state index contributed by atoms with van der Waals surface area (Å²) in [5.74, 6) is 0.672. The zero-order chi connectivity index (χ0) is 19.8. The van der Waals surface area contributed by atoms with E-state index < -0.39 is 11.7 Å². The van der Waals surface area contributed by atoms with E-state index in [1.165, 1.54) is 31.7 Å². The Hall–Kier alpha value is -1.34. The molecule has 0 radical (unpaired) electrons. The van der Waals surface area contributed by atoms with E-state index in [1.54, 1.807) is 0 Å². The average molecular weight is 397 g/mol. The van der Waals surface area contributed by atoms with Crippen molar-refractivity contribution in [3.63, 3.8) is 0 Å². The van der Waals surface area contributed by atoms with Crippen molar-refractivity contribution < 1.29 is 17.9 Å². The summed E-state index contributed by atoms with van der Waals surface area (Å²) in [5.41, 5.74) is -0.428. The van der Waals surface area contributed by atoms with Crippen LogP contribution in [-0.2, 0) is 10.9 Å². The van der Waals surface area contributed by atoms with Crippen LogP contribution in [0.3, 0.4) is 0 Å². The molecule has 4 rings (SSSR count). The predicted molar refractivity (Wildman–Crippen MR) is 102 cm³/mol. The minimum absolute atomic E-state index is 0.251. The first-order valence-corrected chi connectivity index (χ1v) is 10.4. The molecule has 156 valence electrons. The van der Waals surface area contributed by atoms with Gasteiger partial charge < -0.3 is 9.64 Å². The lowest BCUT2D eigenvalue weighted by Gasteiger charge is -2.42. The molecule has 3 fully saturated rings. The van der Waals surface area contributed by atoms with Crippen LogP contribution in [0, 0.1) is 5.41 Å². The summed E-state index contributed by atoms with van der Waals surface area (Å²) < 4.78 is 43.9. The molecule has 0 N–H and O–H groups in total. The highest BCUT2D eigenvalue weighted by atomic mass is 19.4. The third kappa shape index (κ3) is 4.15. The zero-order valence-corrected chi connectivity index (χ0v) is 16.5. The molecule has 3 heterocycles. The highest BCUT2D eigenvalue weighted by Crippen LogP contribution is 2.42. The third-order valence-corrected chi connectivity index (χ3v) is 7.02. The molecular weight excluding hydrogens is 367 g/mol. The molecule has 2 saturated heterocycles. The minimum atomic E-state index is -4.33. The Morgan fingerprint density at radius 1 is 1.07 bits per heavy atom. The Bertz CT molecular complexity index is 658. The van der Waals surface area contributed by atoms with Crippen LogP contribution in [0.25, 0.3) is 0 Å². The molecule has 28 heavy (non-hydrogen) atoms. The topological polar surface area (TPSA) is 28.6 Å². The van der Waals surface area contributed by atoms with Crippen molar-refractivity contribution in [2.75, 3.05) is 38.2 Å². The fourth-order valence-electron chi connectivity index (χ4n) is 5.40. The molecule has 1 spiro atoms. The van der Waals surface area contributed by atoms with Crippen LogP contribution in [0.4, 0.5) is 19.0 Å². The van der Waals surface area contributed by atoms with E-state index in [0.29, 0.717) is 18.0 Å². The van der Waals surface area contributed by atoms with Crippen molar-refractivity contribution in [1.82, 2.24) is 9.88 Å². The lowest BCUT2D eigenvalue weighted by atomic mass is 9.79. The summed E-state index contributed by atoms with van der Waals surface area (Å²) in [7, 11) is 1.81. The quantitative estimate of drug-likeness (QED) is 0.758. The molecule has 1 aromatic heterocycles. The number of aromatic nitrogens is 1. The summed E-state index contributed by atoms with van der Waals surface area (Å²) in [4.78, 5) is 8.98. The summed E-state index contributed by atoms with van der Waals surface area (Å²) in [6.07, 6.45) is 5.21. The number of hydrogen-bond acceptors (Lipinski definition) is 4. The normalized spacial score (nSPS) is 32.2. The minimum Gasteiger partial charge on any atom is -0.381 e. The number of nitrogens with zero attached hydrogens (tertiary/aromatic N) is 3. The molecule has 1 saturated carbocycles. The van der Waals surface area contributed by atoms with Gasteiger partial charge in [0.15, 0.2) is 0 Å². The second-order valence-corrected chi connectivity index (χ2v) is 8.81. The van der Waals surface area contributed by atoms with Gasteiger partial charge in [-0.2, -0.15) is 13.2 Å². The lowest BCUT2D eigenvalue weighted by molar-refractivity contribution is -0.137. The lowest BCUT2D eigenvalue weighted by Crippen LogP contribution is -2.46. The largest absolute Gasteiger partial charge is 0.417 e. The van der Waals surface area contributed by atoms with Crippen molar-refractivity contribution in [1.29, 1.82) is 0 Å². The van der Waals surface area contributed by atoms with Crippen LogP contribution in [-0.4, -0.2) is 55.3 Å². The number of alkyl halides is 3. The van der Waals surface area contributed by atoms with Gasteiger partial charge in [-0.15, -0.1) is 0 Å². The van der Waals surface area contributed by atoms with E-state index in [0.717, 1.165) is 57.7 Å². The molecule has 2 aliphatic heterocycles. The maximum atomic E-state index is 12.8. The highest BCUT2D eigenvalue weighted by Gasteiger charge is 2.44. The summed E-state index contributed by atoms with van der Waals surface area (Å²) in [6.45, 7) is 4.01. The fourth-order valence-corrected chi connectivity index (χ4v) is 5.40. The number of rotatable bonds is 3. The van der Waals surface area contributed by atoms with Gasteiger partial charge in [-0.25, -0.2) is 4.98 Å². The molecule has 0 bridgehead atoms. The molecule has 0 unspecified atom stereocenters. The highest BCUT2D eigenvalue weighted by molar-refractivity contribution is 5.41. The zero-order valence-electron chi connectivity index (χ0n) is 16.5. The van der Waals surface area contributed by atoms with Gasteiger partial charge in [-0.1, -0.05) is 0 Å².